The average molecular weight is 398 g/mol. The molecule has 0 bridgehead atoms. The number of sulfonamides is 1. The Morgan fingerprint density at radius 1 is 1.11 bits per heavy atom. The first-order chi connectivity index (χ1) is 13.3. The summed E-state index contributed by atoms with van der Waals surface area (Å²) in [7, 11) is -3.67. The maximum Gasteiger partial charge on any atom is 0.258 e. The quantitative estimate of drug-likeness (QED) is 0.548. The number of pyridine rings is 1. The van der Waals surface area contributed by atoms with Crippen molar-refractivity contribution in [2.45, 2.75) is 32.2 Å². The van der Waals surface area contributed by atoms with E-state index in [9.17, 15) is 8.42 Å². The Labute approximate surface area is 161 Å². The third-order valence-electron chi connectivity index (χ3n) is 4.31. The molecule has 0 saturated heterocycles. The molecule has 3 aromatic heterocycles. The van der Waals surface area contributed by atoms with Crippen molar-refractivity contribution in [1.82, 2.24) is 29.5 Å². The van der Waals surface area contributed by atoms with Crippen LogP contribution >= 0.6 is 0 Å². The van der Waals surface area contributed by atoms with Crippen LogP contribution in [0.15, 0.2) is 45.9 Å². The average Bonchev–Trinajstić information content (AvgIpc) is 3.27. The van der Waals surface area contributed by atoms with Crippen LogP contribution in [-0.2, 0) is 16.6 Å². The second-order valence-corrected chi connectivity index (χ2v) is 8.24. The maximum atomic E-state index is 12.7. The van der Waals surface area contributed by atoms with Gasteiger partial charge in [0.15, 0.2) is 17.3 Å². The van der Waals surface area contributed by atoms with E-state index in [1.54, 1.807) is 48.7 Å². The summed E-state index contributed by atoms with van der Waals surface area (Å²) in [6.45, 7) is 5.37. The van der Waals surface area contributed by atoms with Gasteiger partial charge in [0, 0.05) is 11.8 Å². The molecular formula is C18H18N6O3S. The molecular weight excluding hydrogens is 380 g/mol. The molecule has 0 unspecified atom stereocenters. The number of nitrogens with zero attached hydrogens (tertiary/aromatic N) is 5. The van der Waals surface area contributed by atoms with Crippen molar-refractivity contribution in [2.24, 2.45) is 0 Å². The Balaban J connectivity index is 1.59. The highest BCUT2D eigenvalue weighted by molar-refractivity contribution is 7.89. The van der Waals surface area contributed by atoms with Gasteiger partial charge in [-0.2, -0.15) is 4.98 Å². The Morgan fingerprint density at radius 3 is 2.68 bits per heavy atom. The molecule has 1 aromatic carbocycles. The first kappa shape index (κ1) is 18.3. The molecule has 144 valence electrons. The van der Waals surface area contributed by atoms with Gasteiger partial charge in [0.1, 0.15) is 0 Å². The van der Waals surface area contributed by atoms with Crippen LogP contribution < -0.4 is 4.72 Å². The Bertz CT molecular complexity index is 1280. The monoisotopic (exact) mass is 398 g/mol. The number of rotatable bonds is 5. The lowest BCUT2D eigenvalue weighted by molar-refractivity contribution is 0.425. The molecule has 9 nitrogen and oxygen atoms in total. The summed E-state index contributed by atoms with van der Waals surface area (Å²) < 4.78 is 34.8. The summed E-state index contributed by atoms with van der Waals surface area (Å²) in [6, 6.07) is 8.85. The van der Waals surface area contributed by atoms with Gasteiger partial charge in [-0.15, -0.1) is 10.2 Å². The second kappa shape index (κ2) is 6.80. The molecule has 0 spiro atoms. The fraction of sp³-hybridized carbons (Fsp3) is 0.222. The van der Waals surface area contributed by atoms with E-state index in [4.69, 9.17) is 4.52 Å². The van der Waals surface area contributed by atoms with E-state index in [-0.39, 0.29) is 11.4 Å². The summed E-state index contributed by atoms with van der Waals surface area (Å²) in [5.41, 5.74) is 2.82. The molecule has 0 radical (unpaired) electrons. The number of aromatic nitrogens is 5. The number of fused-ring (bicyclic) bond motifs is 1. The van der Waals surface area contributed by atoms with E-state index in [1.807, 2.05) is 13.0 Å². The van der Waals surface area contributed by atoms with Gasteiger partial charge in [-0.25, -0.2) is 13.1 Å². The minimum Gasteiger partial charge on any atom is -0.334 e. The zero-order valence-electron chi connectivity index (χ0n) is 15.5. The fourth-order valence-electron chi connectivity index (χ4n) is 2.84. The van der Waals surface area contributed by atoms with Gasteiger partial charge in [-0.1, -0.05) is 17.3 Å². The highest BCUT2D eigenvalue weighted by Gasteiger charge is 2.18. The van der Waals surface area contributed by atoms with E-state index in [1.165, 1.54) is 0 Å². The highest BCUT2D eigenvalue weighted by Crippen LogP contribution is 2.20. The van der Waals surface area contributed by atoms with Crippen molar-refractivity contribution in [3.8, 4) is 11.5 Å². The molecule has 0 amide bonds. The van der Waals surface area contributed by atoms with Gasteiger partial charge in [-0.05, 0) is 50.1 Å². The van der Waals surface area contributed by atoms with E-state index in [0.717, 1.165) is 5.56 Å². The Hall–Kier alpha value is -3.11. The van der Waals surface area contributed by atoms with Crippen LogP contribution in [0.4, 0.5) is 0 Å². The lowest BCUT2D eigenvalue weighted by Crippen LogP contribution is -2.25. The molecule has 0 atom stereocenters. The van der Waals surface area contributed by atoms with Crippen LogP contribution in [0.2, 0.25) is 0 Å². The third-order valence-corrected chi connectivity index (χ3v) is 5.85. The fourth-order valence-corrected chi connectivity index (χ4v) is 4.15. The van der Waals surface area contributed by atoms with E-state index in [2.05, 4.69) is 25.1 Å². The smallest absolute Gasteiger partial charge is 0.258 e. The summed E-state index contributed by atoms with van der Waals surface area (Å²) >= 11 is 0. The number of hydrogen-bond donors (Lipinski definition) is 1. The standard InChI is InChI=1S/C18H18N6O3S/c1-11-4-5-12(2)15(8-11)28(25,26)19-10-17-22-21-16-9-14(6-7-24(16)17)18-20-13(3)23-27-18/h4-9,19H,10H2,1-3H3. The first-order valence-electron chi connectivity index (χ1n) is 8.55. The van der Waals surface area contributed by atoms with Crippen molar-refractivity contribution >= 4 is 15.7 Å². The van der Waals surface area contributed by atoms with Crippen molar-refractivity contribution in [2.75, 3.05) is 0 Å². The Kier molecular flexibility index (Phi) is 4.44. The minimum atomic E-state index is -3.67. The molecule has 10 heteroatoms. The van der Waals surface area contributed by atoms with Crippen LogP contribution in [0.25, 0.3) is 17.1 Å². The molecule has 4 rings (SSSR count). The lowest BCUT2D eigenvalue weighted by Gasteiger charge is -2.09. The normalized spacial score (nSPS) is 12.0. The second-order valence-electron chi connectivity index (χ2n) is 6.50. The molecule has 0 aliphatic carbocycles. The third kappa shape index (κ3) is 3.39. The van der Waals surface area contributed by atoms with Gasteiger partial charge in [0.25, 0.3) is 5.89 Å². The largest absolute Gasteiger partial charge is 0.334 e. The van der Waals surface area contributed by atoms with Crippen molar-refractivity contribution in [1.29, 1.82) is 0 Å². The van der Waals surface area contributed by atoms with Gasteiger partial charge in [-0.3, -0.25) is 4.40 Å². The summed E-state index contributed by atoms with van der Waals surface area (Å²) in [5, 5.41) is 12.0. The molecule has 3 heterocycles. The van der Waals surface area contributed by atoms with E-state index < -0.39 is 10.0 Å². The summed E-state index contributed by atoms with van der Waals surface area (Å²) in [5.74, 6) is 1.40. The van der Waals surface area contributed by atoms with Crippen LogP contribution in [-0.4, -0.2) is 33.2 Å². The molecule has 0 aliphatic rings. The van der Waals surface area contributed by atoms with Crippen LogP contribution in [0.5, 0.6) is 0 Å². The van der Waals surface area contributed by atoms with Crippen LogP contribution in [0.1, 0.15) is 22.8 Å². The van der Waals surface area contributed by atoms with E-state index >= 15 is 0 Å². The van der Waals surface area contributed by atoms with Gasteiger partial charge in [0.2, 0.25) is 10.0 Å². The topological polar surface area (TPSA) is 115 Å². The van der Waals surface area contributed by atoms with Crippen molar-refractivity contribution in [3.63, 3.8) is 0 Å². The summed E-state index contributed by atoms with van der Waals surface area (Å²) in [4.78, 5) is 4.44. The SMILES string of the molecule is Cc1ccc(C)c(S(=O)(=O)NCc2nnc3cc(-c4nc(C)no4)ccn23)c1. The lowest BCUT2D eigenvalue weighted by atomic mass is 10.2. The molecule has 0 aliphatic heterocycles. The van der Waals surface area contributed by atoms with Gasteiger partial charge < -0.3 is 4.52 Å². The number of hydrogen-bond acceptors (Lipinski definition) is 7. The zero-order valence-corrected chi connectivity index (χ0v) is 16.4. The molecule has 0 fully saturated rings. The first-order valence-corrected chi connectivity index (χ1v) is 10.0. The number of nitrogens with one attached hydrogen (secondary N) is 1. The zero-order chi connectivity index (χ0) is 19.9. The van der Waals surface area contributed by atoms with E-state index in [0.29, 0.717) is 34.3 Å². The minimum absolute atomic E-state index is 0.00982. The molecule has 0 saturated carbocycles. The van der Waals surface area contributed by atoms with Crippen LogP contribution in [0, 0.1) is 20.8 Å². The molecule has 4 aromatic rings. The maximum absolute atomic E-state index is 12.7. The summed E-state index contributed by atoms with van der Waals surface area (Å²) in [6.07, 6.45) is 1.74. The van der Waals surface area contributed by atoms with Crippen molar-refractivity contribution in [3.05, 3.63) is 59.3 Å². The van der Waals surface area contributed by atoms with Gasteiger partial charge >= 0.3 is 0 Å². The van der Waals surface area contributed by atoms with Crippen molar-refractivity contribution < 1.29 is 12.9 Å². The molecule has 1 N–H and O–H groups in total. The predicted molar refractivity (Wildman–Crippen MR) is 101 cm³/mol. The number of aryl methyl sites for hydroxylation is 3. The van der Waals surface area contributed by atoms with Crippen LogP contribution in [0.3, 0.4) is 0 Å². The number of benzene rings is 1. The molecule has 28 heavy (non-hydrogen) atoms. The Morgan fingerprint density at radius 2 is 1.93 bits per heavy atom. The predicted octanol–water partition coefficient (Wildman–Crippen LogP) is 2.18. The van der Waals surface area contributed by atoms with Gasteiger partial charge in [0.05, 0.1) is 11.4 Å². The highest BCUT2D eigenvalue weighted by atomic mass is 32.2.